The topological polar surface area (TPSA) is 56.8 Å². The summed E-state index contributed by atoms with van der Waals surface area (Å²) in [7, 11) is 3.04. The zero-order valence-corrected chi connectivity index (χ0v) is 13.0. The fourth-order valence-corrected chi connectivity index (χ4v) is 1.94. The van der Waals surface area contributed by atoms with Crippen LogP contribution in [0.2, 0.25) is 0 Å². The molecule has 0 spiro atoms. The molecule has 0 aliphatic heterocycles. The zero-order chi connectivity index (χ0) is 16.7. The van der Waals surface area contributed by atoms with Gasteiger partial charge in [0, 0.05) is 5.56 Å². The van der Waals surface area contributed by atoms with E-state index in [2.05, 4.69) is 5.32 Å². The van der Waals surface area contributed by atoms with Gasteiger partial charge >= 0.3 is 0 Å². The van der Waals surface area contributed by atoms with Gasteiger partial charge in [0.1, 0.15) is 18.2 Å². The first kappa shape index (κ1) is 16.6. The highest BCUT2D eigenvalue weighted by Crippen LogP contribution is 2.27. The predicted octanol–water partition coefficient (Wildman–Crippen LogP) is 2.65. The number of hydrogen-bond donors (Lipinski definition) is 1. The summed E-state index contributed by atoms with van der Waals surface area (Å²) < 4.78 is 28.4. The minimum Gasteiger partial charge on any atom is -0.493 e. The highest BCUT2D eigenvalue weighted by Gasteiger charge is 2.10. The van der Waals surface area contributed by atoms with Gasteiger partial charge in [-0.05, 0) is 42.5 Å². The van der Waals surface area contributed by atoms with Gasteiger partial charge in [0.2, 0.25) is 0 Å². The van der Waals surface area contributed by atoms with E-state index in [1.165, 1.54) is 38.5 Å². The van der Waals surface area contributed by atoms with Crippen LogP contribution in [0.4, 0.5) is 4.39 Å². The number of hydrogen-bond acceptors (Lipinski definition) is 4. The second kappa shape index (κ2) is 8.03. The number of halogens is 1. The maximum atomic E-state index is 12.8. The smallest absolute Gasteiger partial charge is 0.251 e. The molecule has 0 saturated heterocycles. The summed E-state index contributed by atoms with van der Waals surface area (Å²) in [6, 6.07) is 10.6. The number of rotatable bonds is 7. The largest absolute Gasteiger partial charge is 0.493 e. The number of benzene rings is 2. The molecule has 0 heterocycles. The second-order valence-electron chi connectivity index (χ2n) is 4.63. The third kappa shape index (κ3) is 4.60. The molecule has 0 bridgehead atoms. The van der Waals surface area contributed by atoms with Crippen LogP contribution in [0.25, 0.3) is 0 Å². The standard InChI is InChI=1S/C17H18FNO4/c1-21-15-8-3-12(11-16(15)22-2)17(20)19-9-10-23-14-6-4-13(18)5-7-14/h3-8,11H,9-10H2,1-2H3,(H,19,20). The Morgan fingerprint density at radius 3 is 2.39 bits per heavy atom. The Hall–Kier alpha value is -2.76. The molecule has 1 amide bonds. The molecule has 2 aromatic carbocycles. The first-order chi connectivity index (χ1) is 11.1. The molecule has 0 aromatic heterocycles. The summed E-state index contributed by atoms with van der Waals surface area (Å²) in [6.07, 6.45) is 0. The quantitative estimate of drug-likeness (QED) is 0.797. The predicted molar refractivity (Wildman–Crippen MR) is 83.8 cm³/mol. The van der Waals surface area contributed by atoms with Crippen molar-refractivity contribution in [3.8, 4) is 17.2 Å². The van der Waals surface area contributed by atoms with E-state index in [0.717, 1.165) is 0 Å². The van der Waals surface area contributed by atoms with Gasteiger partial charge in [-0.3, -0.25) is 4.79 Å². The Labute approximate surface area is 134 Å². The van der Waals surface area contributed by atoms with Crippen LogP contribution in [0.5, 0.6) is 17.2 Å². The molecular weight excluding hydrogens is 301 g/mol. The van der Waals surface area contributed by atoms with Crippen LogP contribution >= 0.6 is 0 Å². The number of carbonyl (C=O) groups excluding carboxylic acids is 1. The molecule has 6 heteroatoms. The molecule has 2 aromatic rings. The van der Waals surface area contributed by atoms with Gasteiger partial charge in [-0.15, -0.1) is 0 Å². The molecule has 0 radical (unpaired) electrons. The molecule has 0 aliphatic carbocycles. The third-order valence-corrected chi connectivity index (χ3v) is 3.12. The SMILES string of the molecule is COc1ccc(C(=O)NCCOc2ccc(F)cc2)cc1OC. The summed E-state index contributed by atoms with van der Waals surface area (Å²) >= 11 is 0. The summed E-state index contributed by atoms with van der Waals surface area (Å²) in [4.78, 5) is 12.1. The highest BCUT2D eigenvalue weighted by molar-refractivity contribution is 5.94. The number of nitrogens with one attached hydrogen (secondary N) is 1. The van der Waals surface area contributed by atoms with Gasteiger partial charge in [-0.2, -0.15) is 0 Å². The van der Waals surface area contributed by atoms with Crippen LogP contribution in [0.15, 0.2) is 42.5 Å². The van der Waals surface area contributed by atoms with E-state index >= 15 is 0 Å². The summed E-state index contributed by atoms with van der Waals surface area (Å²) in [6.45, 7) is 0.606. The van der Waals surface area contributed by atoms with Crippen molar-refractivity contribution in [3.63, 3.8) is 0 Å². The van der Waals surface area contributed by atoms with Crippen molar-refractivity contribution in [1.82, 2.24) is 5.32 Å². The van der Waals surface area contributed by atoms with E-state index in [1.807, 2.05) is 0 Å². The number of ether oxygens (including phenoxy) is 3. The average molecular weight is 319 g/mol. The molecule has 2 rings (SSSR count). The molecule has 23 heavy (non-hydrogen) atoms. The summed E-state index contributed by atoms with van der Waals surface area (Å²) in [5.41, 5.74) is 0.462. The van der Waals surface area contributed by atoms with Crippen molar-refractivity contribution < 1.29 is 23.4 Å². The van der Waals surface area contributed by atoms with Gasteiger partial charge < -0.3 is 19.5 Å². The fraction of sp³-hybridized carbons (Fsp3) is 0.235. The van der Waals surface area contributed by atoms with Gasteiger partial charge in [-0.25, -0.2) is 4.39 Å². The molecule has 0 aliphatic rings. The van der Waals surface area contributed by atoms with Crippen molar-refractivity contribution in [2.24, 2.45) is 0 Å². The van der Waals surface area contributed by atoms with Crippen molar-refractivity contribution in [3.05, 3.63) is 53.8 Å². The van der Waals surface area contributed by atoms with E-state index in [-0.39, 0.29) is 18.3 Å². The van der Waals surface area contributed by atoms with E-state index in [9.17, 15) is 9.18 Å². The lowest BCUT2D eigenvalue weighted by molar-refractivity contribution is 0.0946. The Morgan fingerprint density at radius 1 is 1.04 bits per heavy atom. The average Bonchev–Trinajstić information content (AvgIpc) is 2.59. The van der Waals surface area contributed by atoms with Gasteiger partial charge in [0.05, 0.1) is 20.8 Å². The zero-order valence-electron chi connectivity index (χ0n) is 13.0. The van der Waals surface area contributed by atoms with Crippen molar-refractivity contribution in [1.29, 1.82) is 0 Å². The van der Waals surface area contributed by atoms with Crippen LogP contribution in [0, 0.1) is 5.82 Å². The summed E-state index contributed by atoms with van der Waals surface area (Å²) in [5.74, 6) is 1.03. The van der Waals surface area contributed by atoms with Gasteiger partial charge in [0.25, 0.3) is 5.91 Å². The molecule has 1 N–H and O–H groups in total. The molecule has 0 saturated carbocycles. The van der Waals surface area contributed by atoms with Crippen LogP contribution < -0.4 is 19.5 Å². The highest BCUT2D eigenvalue weighted by atomic mass is 19.1. The van der Waals surface area contributed by atoms with E-state index in [4.69, 9.17) is 14.2 Å². The maximum absolute atomic E-state index is 12.8. The van der Waals surface area contributed by atoms with Crippen LogP contribution in [0.1, 0.15) is 10.4 Å². The normalized spacial score (nSPS) is 10.0. The first-order valence-corrected chi connectivity index (χ1v) is 7.02. The summed E-state index contributed by atoms with van der Waals surface area (Å²) in [5, 5.41) is 2.73. The molecular formula is C17H18FNO4. The van der Waals surface area contributed by atoms with Crippen LogP contribution in [0.3, 0.4) is 0 Å². The third-order valence-electron chi connectivity index (χ3n) is 3.12. The Bertz CT molecular complexity index is 658. The van der Waals surface area contributed by atoms with E-state index in [1.54, 1.807) is 18.2 Å². The van der Waals surface area contributed by atoms with Crippen LogP contribution in [-0.4, -0.2) is 33.3 Å². The lowest BCUT2D eigenvalue weighted by Crippen LogP contribution is -2.28. The van der Waals surface area contributed by atoms with Crippen molar-refractivity contribution >= 4 is 5.91 Å². The van der Waals surface area contributed by atoms with Gasteiger partial charge in [0.15, 0.2) is 11.5 Å². The van der Waals surface area contributed by atoms with E-state index in [0.29, 0.717) is 29.4 Å². The number of amides is 1. The van der Waals surface area contributed by atoms with Crippen LogP contribution in [-0.2, 0) is 0 Å². The lowest BCUT2D eigenvalue weighted by Gasteiger charge is -2.10. The number of carbonyl (C=O) groups is 1. The maximum Gasteiger partial charge on any atom is 0.251 e. The minimum absolute atomic E-state index is 0.242. The molecule has 122 valence electrons. The number of methoxy groups -OCH3 is 2. The Kier molecular flexibility index (Phi) is 5.80. The van der Waals surface area contributed by atoms with Crippen molar-refractivity contribution in [2.45, 2.75) is 0 Å². The second-order valence-corrected chi connectivity index (χ2v) is 4.63. The van der Waals surface area contributed by atoms with Crippen molar-refractivity contribution in [2.75, 3.05) is 27.4 Å². The molecule has 0 fully saturated rings. The Morgan fingerprint density at radius 2 is 1.74 bits per heavy atom. The lowest BCUT2D eigenvalue weighted by atomic mass is 10.2. The first-order valence-electron chi connectivity index (χ1n) is 7.02. The minimum atomic E-state index is -0.320. The molecule has 0 atom stereocenters. The monoisotopic (exact) mass is 319 g/mol. The molecule has 5 nitrogen and oxygen atoms in total. The molecule has 0 unspecified atom stereocenters. The van der Waals surface area contributed by atoms with E-state index < -0.39 is 0 Å². The Balaban J connectivity index is 1.83. The van der Waals surface area contributed by atoms with Gasteiger partial charge in [-0.1, -0.05) is 0 Å². The fourth-order valence-electron chi connectivity index (χ4n) is 1.94.